The lowest BCUT2D eigenvalue weighted by Gasteiger charge is -2.12. The minimum atomic E-state index is -0.0413. The number of phenolic OH excluding ortho intramolecular Hbond substituents is 1. The van der Waals surface area contributed by atoms with Crippen molar-refractivity contribution >= 4 is 10.8 Å². The number of nitrogens with two attached hydrogens (primary N) is 1. The molecule has 0 fully saturated rings. The number of aliphatic hydroxyl groups is 1. The molecule has 3 heteroatoms. The van der Waals surface area contributed by atoms with Crippen molar-refractivity contribution < 1.29 is 10.2 Å². The summed E-state index contributed by atoms with van der Waals surface area (Å²) in [4.78, 5) is 0. The van der Waals surface area contributed by atoms with Crippen molar-refractivity contribution in [3.05, 3.63) is 42.0 Å². The third-order valence-electron chi connectivity index (χ3n) is 2.95. The summed E-state index contributed by atoms with van der Waals surface area (Å²) in [6, 6.07) is 11.2. The van der Waals surface area contributed by atoms with E-state index in [1.807, 2.05) is 24.3 Å². The van der Waals surface area contributed by atoms with E-state index < -0.39 is 0 Å². The molecule has 0 bridgehead atoms. The zero-order chi connectivity index (χ0) is 12.3. The monoisotopic (exact) mass is 231 g/mol. The van der Waals surface area contributed by atoms with E-state index >= 15 is 0 Å². The van der Waals surface area contributed by atoms with Gasteiger partial charge < -0.3 is 15.9 Å². The van der Waals surface area contributed by atoms with E-state index in [2.05, 4.69) is 0 Å². The lowest BCUT2D eigenvalue weighted by atomic mass is 9.99. The molecule has 0 aliphatic heterocycles. The van der Waals surface area contributed by atoms with Gasteiger partial charge >= 0.3 is 0 Å². The second-order valence-electron chi connectivity index (χ2n) is 4.26. The average molecular weight is 231 g/mol. The van der Waals surface area contributed by atoms with Crippen LogP contribution in [-0.4, -0.2) is 16.8 Å². The van der Waals surface area contributed by atoms with Crippen molar-refractivity contribution in [2.24, 2.45) is 5.73 Å². The number of aliphatic hydroxyl groups excluding tert-OH is 1. The molecular weight excluding hydrogens is 214 g/mol. The highest BCUT2D eigenvalue weighted by Gasteiger charge is 2.06. The van der Waals surface area contributed by atoms with E-state index in [1.165, 1.54) is 0 Å². The SMILES string of the molecule is N[C@@H](CCCO)c1ccc2cc(O)ccc2c1. The van der Waals surface area contributed by atoms with Crippen molar-refractivity contribution in [3.63, 3.8) is 0 Å². The molecule has 0 amide bonds. The van der Waals surface area contributed by atoms with Crippen molar-refractivity contribution in [1.29, 1.82) is 0 Å². The molecule has 17 heavy (non-hydrogen) atoms. The molecule has 0 aliphatic carbocycles. The summed E-state index contributed by atoms with van der Waals surface area (Å²) in [7, 11) is 0. The van der Waals surface area contributed by atoms with Crippen molar-refractivity contribution in [2.75, 3.05) is 6.61 Å². The summed E-state index contributed by atoms with van der Waals surface area (Å²) in [6.07, 6.45) is 1.49. The van der Waals surface area contributed by atoms with Crippen LogP contribution in [0.2, 0.25) is 0 Å². The van der Waals surface area contributed by atoms with Crippen LogP contribution in [0.25, 0.3) is 10.8 Å². The fourth-order valence-electron chi connectivity index (χ4n) is 1.96. The zero-order valence-corrected chi connectivity index (χ0v) is 9.63. The van der Waals surface area contributed by atoms with Crippen molar-refractivity contribution in [1.82, 2.24) is 0 Å². The van der Waals surface area contributed by atoms with E-state index in [0.29, 0.717) is 0 Å². The zero-order valence-electron chi connectivity index (χ0n) is 9.63. The number of phenols is 1. The summed E-state index contributed by atoms with van der Waals surface area (Å²) in [5.41, 5.74) is 7.11. The highest BCUT2D eigenvalue weighted by Crippen LogP contribution is 2.24. The Morgan fingerprint density at radius 2 is 1.76 bits per heavy atom. The van der Waals surface area contributed by atoms with Gasteiger partial charge in [0.2, 0.25) is 0 Å². The summed E-state index contributed by atoms with van der Waals surface area (Å²) in [6.45, 7) is 0.176. The van der Waals surface area contributed by atoms with E-state index in [0.717, 1.165) is 29.2 Å². The van der Waals surface area contributed by atoms with Crippen molar-refractivity contribution in [2.45, 2.75) is 18.9 Å². The summed E-state index contributed by atoms with van der Waals surface area (Å²) < 4.78 is 0. The maximum absolute atomic E-state index is 9.37. The predicted octanol–water partition coefficient (Wildman–Crippen LogP) is 2.32. The molecule has 3 nitrogen and oxygen atoms in total. The maximum atomic E-state index is 9.37. The Labute approximate surface area is 101 Å². The molecule has 2 aromatic rings. The summed E-state index contributed by atoms with van der Waals surface area (Å²) in [5, 5.41) is 20.2. The molecule has 0 aromatic heterocycles. The highest BCUT2D eigenvalue weighted by molar-refractivity contribution is 5.84. The molecule has 2 rings (SSSR count). The number of fused-ring (bicyclic) bond motifs is 1. The Kier molecular flexibility index (Phi) is 3.61. The van der Waals surface area contributed by atoms with E-state index in [9.17, 15) is 5.11 Å². The molecule has 0 spiro atoms. The van der Waals surface area contributed by atoms with Gasteiger partial charge in [-0.1, -0.05) is 18.2 Å². The Morgan fingerprint density at radius 3 is 2.53 bits per heavy atom. The van der Waals surface area contributed by atoms with Gasteiger partial charge in [0.25, 0.3) is 0 Å². The van der Waals surface area contributed by atoms with Crippen LogP contribution in [0.4, 0.5) is 0 Å². The first-order valence-corrected chi connectivity index (χ1v) is 5.80. The first-order valence-electron chi connectivity index (χ1n) is 5.80. The fraction of sp³-hybridized carbons (Fsp3) is 0.286. The lowest BCUT2D eigenvalue weighted by molar-refractivity contribution is 0.280. The molecule has 0 aliphatic rings. The van der Waals surface area contributed by atoms with Crippen LogP contribution in [-0.2, 0) is 0 Å². The summed E-state index contributed by atoms with van der Waals surface area (Å²) in [5.74, 6) is 0.273. The quantitative estimate of drug-likeness (QED) is 0.756. The van der Waals surface area contributed by atoms with Gasteiger partial charge in [-0.3, -0.25) is 0 Å². The standard InChI is InChI=1S/C14H17NO2/c15-14(2-1-7-16)12-4-3-11-9-13(17)6-5-10(11)8-12/h3-6,8-9,14,16-17H,1-2,7,15H2/t14-/m0/s1. The van der Waals surface area contributed by atoms with Gasteiger partial charge in [-0.25, -0.2) is 0 Å². The van der Waals surface area contributed by atoms with Crippen molar-refractivity contribution in [3.8, 4) is 5.75 Å². The fourth-order valence-corrected chi connectivity index (χ4v) is 1.96. The first-order chi connectivity index (χ1) is 8.20. The molecule has 0 heterocycles. The topological polar surface area (TPSA) is 66.5 Å². The maximum Gasteiger partial charge on any atom is 0.116 e. The predicted molar refractivity (Wildman–Crippen MR) is 68.9 cm³/mol. The Morgan fingerprint density at radius 1 is 1.06 bits per heavy atom. The third-order valence-corrected chi connectivity index (χ3v) is 2.95. The average Bonchev–Trinajstić information content (AvgIpc) is 2.35. The minimum absolute atomic E-state index is 0.0413. The summed E-state index contributed by atoms with van der Waals surface area (Å²) >= 11 is 0. The molecular formula is C14H17NO2. The van der Waals surface area contributed by atoms with E-state index in [4.69, 9.17) is 10.8 Å². The molecule has 2 aromatic carbocycles. The Hall–Kier alpha value is -1.58. The Balaban J connectivity index is 2.28. The van der Waals surface area contributed by atoms with Crippen LogP contribution in [0.1, 0.15) is 24.4 Å². The molecule has 4 N–H and O–H groups in total. The first kappa shape index (κ1) is 11.9. The third kappa shape index (κ3) is 2.75. The van der Waals surface area contributed by atoms with Gasteiger partial charge in [0.15, 0.2) is 0 Å². The van der Waals surface area contributed by atoms with Gasteiger partial charge in [0.05, 0.1) is 0 Å². The number of aromatic hydroxyl groups is 1. The second kappa shape index (κ2) is 5.17. The van der Waals surface area contributed by atoms with Gasteiger partial charge in [-0.2, -0.15) is 0 Å². The molecule has 90 valence electrons. The van der Waals surface area contributed by atoms with Crippen LogP contribution in [0, 0.1) is 0 Å². The second-order valence-corrected chi connectivity index (χ2v) is 4.26. The molecule has 0 unspecified atom stereocenters. The Bertz CT molecular complexity index is 511. The van der Waals surface area contributed by atoms with Gasteiger partial charge in [0.1, 0.15) is 5.75 Å². The van der Waals surface area contributed by atoms with Gasteiger partial charge in [0, 0.05) is 12.6 Å². The van der Waals surface area contributed by atoms with E-state index in [-0.39, 0.29) is 18.4 Å². The normalized spacial score (nSPS) is 12.8. The molecule has 0 saturated heterocycles. The van der Waals surface area contributed by atoms with Crippen LogP contribution in [0.15, 0.2) is 36.4 Å². The number of benzene rings is 2. The smallest absolute Gasteiger partial charge is 0.116 e. The number of hydrogen-bond acceptors (Lipinski definition) is 3. The minimum Gasteiger partial charge on any atom is -0.508 e. The van der Waals surface area contributed by atoms with E-state index in [1.54, 1.807) is 12.1 Å². The molecule has 0 radical (unpaired) electrons. The number of hydrogen-bond donors (Lipinski definition) is 3. The lowest BCUT2D eigenvalue weighted by Crippen LogP contribution is -2.10. The van der Waals surface area contributed by atoms with Crippen LogP contribution in [0.3, 0.4) is 0 Å². The largest absolute Gasteiger partial charge is 0.508 e. The van der Waals surface area contributed by atoms with Crippen LogP contribution in [0.5, 0.6) is 5.75 Å². The van der Waals surface area contributed by atoms with Crippen LogP contribution >= 0.6 is 0 Å². The number of rotatable bonds is 4. The van der Waals surface area contributed by atoms with Gasteiger partial charge in [-0.05, 0) is 47.4 Å². The molecule has 1 atom stereocenters. The highest BCUT2D eigenvalue weighted by atomic mass is 16.3. The van der Waals surface area contributed by atoms with Crippen LogP contribution < -0.4 is 5.73 Å². The molecule has 0 saturated carbocycles. The van der Waals surface area contributed by atoms with Gasteiger partial charge in [-0.15, -0.1) is 0 Å².